The van der Waals surface area contributed by atoms with Crippen LogP contribution in [0.2, 0.25) is 0 Å². The second kappa shape index (κ2) is 5.83. The predicted octanol–water partition coefficient (Wildman–Crippen LogP) is -1.22. The first-order valence-corrected chi connectivity index (χ1v) is 5.55. The molecule has 2 atom stereocenters. The van der Waals surface area contributed by atoms with Crippen LogP contribution in [0.15, 0.2) is 0 Å². The molecule has 0 aromatic carbocycles. The standard InChI is InChI=1S/C10H19N3O4/c1-7-5-13(4-3-12(7)2)10(17)11-8(6-14)9(15)16/h7-8,14H,3-6H2,1-2H3,(H,11,17)(H,15,16). The van der Waals surface area contributed by atoms with Crippen LogP contribution in [0.1, 0.15) is 6.92 Å². The number of carboxylic acids is 1. The van der Waals surface area contributed by atoms with Gasteiger partial charge in [0.1, 0.15) is 0 Å². The zero-order valence-electron chi connectivity index (χ0n) is 10.1. The third-order valence-corrected chi connectivity index (χ3v) is 3.03. The van der Waals surface area contributed by atoms with E-state index in [9.17, 15) is 9.59 Å². The molecule has 2 amide bonds. The van der Waals surface area contributed by atoms with E-state index in [2.05, 4.69) is 10.2 Å². The summed E-state index contributed by atoms with van der Waals surface area (Å²) in [5.74, 6) is -1.23. The van der Waals surface area contributed by atoms with Gasteiger partial charge in [0.2, 0.25) is 0 Å². The fourth-order valence-electron chi connectivity index (χ4n) is 1.66. The Balaban J connectivity index is 2.50. The van der Waals surface area contributed by atoms with Crippen molar-refractivity contribution in [1.82, 2.24) is 15.1 Å². The monoisotopic (exact) mass is 245 g/mol. The lowest BCUT2D eigenvalue weighted by atomic mass is 10.2. The number of nitrogens with one attached hydrogen (secondary N) is 1. The minimum Gasteiger partial charge on any atom is -0.480 e. The maximum Gasteiger partial charge on any atom is 0.328 e. The molecule has 98 valence electrons. The summed E-state index contributed by atoms with van der Waals surface area (Å²) < 4.78 is 0. The first-order chi connectivity index (χ1) is 7.95. The van der Waals surface area contributed by atoms with Gasteiger partial charge in [-0.3, -0.25) is 0 Å². The second-order valence-corrected chi connectivity index (χ2v) is 4.30. The number of piperazine rings is 1. The van der Waals surface area contributed by atoms with Crippen molar-refractivity contribution in [2.24, 2.45) is 0 Å². The average Bonchev–Trinajstić information content (AvgIpc) is 2.28. The summed E-state index contributed by atoms with van der Waals surface area (Å²) in [6.07, 6.45) is 0. The molecule has 0 aliphatic carbocycles. The minimum atomic E-state index is -1.24. The number of aliphatic carboxylic acids is 1. The van der Waals surface area contributed by atoms with Crippen molar-refractivity contribution in [2.45, 2.75) is 19.0 Å². The average molecular weight is 245 g/mol. The van der Waals surface area contributed by atoms with Crippen LogP contribution in [0.4, 0.5) is 4.79 Å². The molecule has 2 unspecified atom stereocenters. The zero-order valence-corrected chi connectivity index (χ0v) is 10.1. The molecule has 0 aromatic heterocycles. The quantitative estimate of drug-likeness (QED) is 0.579. The molecule has 0 radical (unpaired) electrons. The fourth-order valence-corrected chi connectivity index (χ4v) is 1.66. The summed E-state index contributed by atoms with van der Waals surface area (Å²) in [6, 6.07) is -1.43. The van der Waals surface area contributed by atoms with Crippen molar-refractivity contribution in [3.63, 3.8) is 0 Å². The molecule has 1 heterocycles. The van der Waals surface area contributed by atoms with Gasteiger partial charge in [0.15, 0.2) is 6.04 Å². The summed E-state index contributed by atoms with van der Waals surface area (Å²) in [4.78, 5) is 26.1. The van der Waals surface area contributed by atoms with E-state index in [1.165, 1.54) is 0 Å². The van der Waals surface area contributed by atoms with Gasteiger partial charge in [0.25, 0.3) is 0 Å². The van der Waals surface area contributed by atoms with E-state index in [0.29, 0.717) is 13.1 Å². The molecule has 0 saturated carbocycles. The van der Waals surface area contributed by atoms with Crippen LogP contribution in [0.3, 0.4) is 0 Å². The number of hydrogen-bond donors (Lipinski definition) is 3. The lowest BCUT2D eigenvalue weighted by Crippen LogP contribution is -2.57. The Bertz CT molecular complexity index is 297. The molecular formula is C10H19N3O4. The van der Waals surface area contributed by atoms with Crippen molar-refractivity contribution in [3.8, 4) is 0 Å². The van der Waals surface area contributed by atoms with E-state index in [1.807, 2.05) is 14.0 Å². The smallest absolute Gasteiger partial charge is 0.328 e. The van der Waals surface area contributed by atoms with Crippen LogP contribution in [-0.2, 0) is 4.79 Å². The van der Waals surface area contributed by atoms with Gasteiger partial charge in [-0.15, -0.1) is 0 Å². The number of aliphatic hydroxyl groups is 1. The molecule has 7 heteroatoms. The van der Waals surface area contributed by atoms with Crippen molar-refractivity contribution in [2.75, 3.05) is 33.3 Å². The van der Waals surface area contributed by atoms with E-state index >= 15 is 0 Å². The predicted molar refractivity (Wildman–Crippen MR) is 60.7 cm³/mol. The number of aliphatic hydroxyl groups excluding tert-OH is 1. The van der Waals surface area contributed by atoms with Crippen molar-refractivity contribution < 1.29 is 19.8 Å². The second-order valence-electron chi connectivity index (χ2n) is 4.30. The molecule has 1 fully saturated rings. The molecule has 0 spiro atoms. The topological polar surface area (TPSA) is 93.1 Å². The van der Waals surface area contributed by atoms with Gasteiger partial charge in [-0.1, -0.05) is 0 Å². The minimum absolute atomic E-state index is 0.243. The highest BCUT2D eigenvalue weighted by Crippen LogP contribution is 2.07. The third kappa shape index (κ3) is 3.57. The Morgan fingerprint density at radius 1 is 1.47 bits per heavy atom. The van der Waals surface area contributed by atoms with Crippen molar-refractivity contribution >= 4 is 12.0 Å². The molecule has 3 N–H and O–H groups in total. The van der Waals surface area contributed by atoms with Gasteiger partial charge in [-0.05, 0) is 14.0 Å². The van der Waals surface area contributed by atoms with E-state index in [4.69, 9.17) is 10.2 Å². The number of amides is 2. The van der Waals surface area contributed by atoms with Gasteiger partial charge in [-0.25, -0.2) is 9.59 Å². The Morgan fingerprint density at radius 3 is 2.59 bits per heavy atom. The highest BCUT2D eigenvalue weighted by Gasteiger charge is 2.27. The zero-order chi connectivity index (χ0) is 13.0. The van der Waals surface area contributed by atoms with Gasteiger partial charge >= 0.3 is 12.0 Å². The lowest BCUT2D eigenvalue weighted by Gasteiger charge is -2.37. The Morgan fingerprint density at radius 2 is 2.12 bits per heavy atom. The number of rotatable bonds is 3. The van der Waals surface area contributed by atoms with Gasteiger partial charge in [0, 0.05) is 25.7 Å². The molecule has 17 heavy (non-hydrogen) atoms. The summed E-state index contributed by atoms with van der Waals surface area (Å²) in [7, 11) is 1.98. The number of likely N-dealkylation sites (N-methyl/N-ethyl adjacent to an activating group) is 1. The fraction of sp³-hybridized carbons (Fsp3) is 0.800. The van der Waals surface area contributed by atoms with Gasteiger partial charge in [0.05, 0.1) is 6.61 Å². The number of urea groups is 1. The Labute approximate surface area is 100.0 Å². The number of carbonyl (C=O) groups excluding carboxylic acids is 1. The van der Waals surface area contributed by atoms with Crippen LogP contribution < -0.4 is 5.32 Å². The number of hydrogen-bond acceptors (Lipinski definition) is 4. The largest absolute Gasteiger partial charge is 0.480 e. The summed E-state index contributed by atoms with van der Waals surface area (Å²) >= 11 is 0. The van der Waals surface area contributed by atoms with E-state index in [-0.39, 0.29) is 6.04 Å². The normalized spacial score (nSPS) is 23.2. The van der Waals surface area contributed by atoms with Crippen molar-refractivity contribution in [3.05, 3.63) is 0 Å². The molecular weight excluding hydrogens is 226 g/mol. The summed E-state index contributed by atoms with van der Waals surface area (Å²) in [5.41, 5.74) is 0. The van der Waals surface area contributed by atoms with Crippen LogP contribution in [0.25, 0.3) is 0 Å². The van der Waals surface area contributed by atoms with Gasteiger partial charge in [-0.2, -0.15) is 0 Å². The molecule has 1 rings (SSSR count). The van der Waals surface area contributed by atoms with E-state index in [0.717, 1.165) is 6.54 Å². The number of nitrogens with zero attached hydrogens (tertiary/aromatic N) is 2. The first-order valence-electron chi connectivity index (χ1n) is 5.55. The Hall–Kier alpha value is -1.34. The Kier molecular flexibility index (Phi) is 4.71. The van der Waals surface area contributed by atoms with Crippen LogP contribution >= 0.6 is 0 Å². The van der Waals surface area contributed by atoms with E-state index < -0.39 is 24.6 Å². The first kappa shape index (κ1) is 13.7. The molecule has 1 aliphatic heterocycles. The molecule has 0 aromatic rings. The van der Waals surface area contributed by atoms with Crippen LogP contribution in [-0.4, -0.2) is 77.4 Å². The van der Waals surface area contributed by atoms with Crippen LogP contribution in [0.5, 0.6) is 0 Å². The summed E-state index contributed by atoms with van der Waals surface area (Å²) in [5, 5.41) is 19.8. The highest BCUT2D eigenvalue weighted by molar-refractivity contribution is 5.82. The number of carbonyl (C=O) groups is 2. The maximum absolute atomic E-state index is 11.7. The van der Waals surface area contributed by atoms with Gasteiger partial charge < -0.3 is 25.3 Å². The summed E-state index contributed by atoms with van der Waals surface area (Å²) in [6.45, 7) is 3.26. The van der Waals surface area contributed by atoms with Crippen LogP contribution in [0, 0.1) is 0 Å². The molecule has 1 saturated heterocycles. The number of carboxylic acid groups (broad SMARTS) is 1. The van der Waals surface area contributed by atoms with Crippen molar-refractivity contribution in [1.29, 1.82) is 0 Å². The third-order valence-electron chi connectivity index (χ3n) is 3.03. The molecule has 0 bridgehead atoms. The molecule has 7 nitrogen and oxygen atoms in total. The lowest BCUT2D eigenvalue weighted by molar-refractivity contribution is -0.140. The highest BCUT2D eigenvalue weighted by atomic mass is 16.4. The van der Waals surface area contributed by atoms with E-state index in [1.54, 1.807) is 4.90 Å². The maximum atomic E-state index is 11.7. The molecule has 1 aliphatic rings. The SMILES string of the molecule is CC1CN(C(=O)NC(CO)C(=O)O)CCN1C.